The fourth-order valence-electron chi connectivity index (χ4n) is 3.99. The highest BCUT2D eigenvalue weighted by Gasteiger charge is 2.19. The van der Waals surface area contributed by atoms with Crippen LogP contribution in [0.3, 0.4) is 0 Å². The molecule has 0 aliphatic rings. The van der Waals surface area contributed by atoms with Crippen LogP contribution in [0.25, 0.3) is 0 Å². The van der Waals surface area contributed by atoms with Gasteiger partial charge >= 0.3 is 0 Å². The molecular formula is C27H39N3O2. The van der Waals surface area contributed by atoms with Crippen LogP contribution in [0.1, 0.15) is 57.3 Å². The molecule has 0 aliphatic heterocycles. The van der Waals surface area contributed by atoms with Crippen LogP contribution in [0, 0.1) is 11.3 Å². The first-order valence-electron chi connectivity index (χ1n) is 11.5. The summed E-state index contributed by atoms with van der Waals surface area (Å²) in [5.74, 6) is 0.396. The van der Waals surface area contributed by atoms with Crippen LogP contribution in [0.5, 0.6) is 0 Å². The third kappa shape index (κ3) is 8.37. The van der Waals surface area contributed by atoms with E-state index >= 15 is 0 Å². The Balaban J connectivity index is 1.98. The number of amides is 2. The fraction of sp³-hybridized carbons (Fsp3) is 0.481. The highest BCUT2D eigenvalue weighted by Crippen LogP contribution is 2.26. The Labute approximate surface area is 193 Å². The topological polar surface area (TPSA) is 52.7 Å². The van der Waals surface area contributed by atoms with E-state index in [4.69, 9.17) is 0 Å². The second kappa shape index (κ2) is 11.7. The number of rotatable bonds is 10. The van der Waals surface area contributed by atoms with Crippen molar-refractivity contribution in [3.8, 4) is 0 Å². The van der Waals surface area contributed by atoms with Crippen molar-refractivity contribution in [3.05, 3.63) is 60.2 Å². The maximum atomic E-state index is 13.2. The molecule has 0 fully saturated rings. The summed E-state index contributed by atoms with van der Waals surface area (Å²) < 4.78 is 0. The van der Waals surface area contributed by atoms with E-state index in [0.29, 0.717) is 37.4 Å². The highest BCUT2D eigenvalue weighted by molar-refractivity contribution is 6.06. The van der Waals surface area contributed by atoms with Crippen molar-refractivity contribution >= 4 is 23.2 Å². The first-order chi connectivity index (χ1) is 15.1. The third-order valence-electron chi connectivity index (χ3n) is 5.32. The number of hydrogen-bond donors (Lipinski definition) is 1. The largest absolute Gasteiger partial charge is 0.378 e. The second-order valence-electron chi connectivity index (χ2n) is 10.0. The Morgan fingerprint density at radius 2 is 1.53 bits per heavy atom. The summed E-state index contributed by atoms with van der Waals surface area (Å²) in [6.45, 7) is 9.81. The molecule has 1 unspecified atom stereocenters. The van der Waals surface area contributed by atoms with Crippen LogP contribution < -0.4 is 15.1 Å². The van der Waals surface area contributed by atoms with Gasteiger partial charge in [-0.1, -0.05) is 45.9 Å². The lowest BCUT2D eigenvalue weighted by molar-refractivity contribution is -0.122. The molecule has 0 bridgehead atoms. The Kier molecular flexibility index (Phi) is 9.30. The third-order valence-corrected chi connectivity index (χ3v) is 5.32. The lowest BCUT2D eigenvalue weighted by atomic mass is 9.84. The molecule has 0 spiro atoms. The van der Waals surface area contributed by atoms with Gasteiger partial charge in [0.25, 0.3) is 5.91 Å². The average molecular weight is 438 g/mol. The Morgan fingerprint density at radius 3 is 2.09 bits per heavy atom. The summed E-state index contributed by atoms with van der Waals surface area (Å²) in [5.41, 5.74) is 2.82. The molecule has 2 aromatic carbocycles. The van der Waals surface area contributed by atoms with E-state index in [9.17, 15) is 9.59 Å². The summed E-state index contributed by atoms with van der Waals surface area (Å²) in [6, 6.07) is 17.3. The SMILES string of the molecule is CC(CC(=O)NCCCN(C(=O)c1ccccc1)c1ccc(N(C)C)cc1)CC(C)(C)C. The maximum Gasteiger partial charge on any atom is 0.258 e. The number of anilines is 2. The van der Waals surface area contributed by atoms with Gasteiger partial charge in [-0.05, 0) is 60.6 Å². The van der Waals surface area contributed by atoms with E-state index < -0.39 is 0 Å². The van der Waals surface area contributed by atoms with Crippen LogP contribution in [-0.2, 0) is 4.79 Å². The number of nitrogens with zero attached hydrogens (tertiary/aromatic N) is 2. The van der Waals surface area contributed by atoms with Crippen molar-refractivity contribution in [1.29, 1.82) is 0 Å². The molecule has 2 aromatic rings. The number of hydrogen-bond acceptors (Lipinski definition) is 3. The molecule has 2 amide bonds. The van der Waals surface area contributed by atoms with Gasteiger partial charge in [0.2, 0.25) is 5.91 Å². The van der Waals surface area contributed by atoms with Crippen molar-refractivity contribution in [3.63, 3.8) is 0 Å². The molecule has 1 N–H and O–H groups in total. The molecule has 32 heavy (non-hydrogen) atoms. The molecule has 0 saturated carbocycles. The Morgan fingerprint density at radius 1 is 0.938 bits per heavy atom. The summed E-state index contributed by atoms with van der Waals surface area (Å²) in [5, 5.41) is 3.03. The van der Waals surface area contributed by atoms with Gasteiger partial charge in [0, 0.05) is 50.5 Å². The molecule has 0 aliphatic carbocycles. The second-order valence-corrected chi connectivity index (χ2v) is 10.0. The quantitative estimate of drug-likeness (QED) is 0.509. The van der Waals surface area contributed by atoms with Crippen LogP contribution in [0.2, 0.25) is 0 Å². The zero-order valence-corrected chi connectivity index (χ0v) is 20.5. The molecule has 0 aromatic heterocycles. The Bertz CT molecular complexity index is 855. The smallest absolute Gasteiger partial charge is 0.258 e. The molecule has 1 atom stereocenters. The number of carbonyl (C=O) groups is 2. The molecule has 0 heterocycles. The van der Waals surface area contributed by atoms with Crippen molar-refractivity contribution in [2.45, 2.75) is 47.0 Å². The summed E-state index contributed by atoms with van der Waals surface area (Å²) in [6.07, 6.45) is 2.24. The van der Waals surface area contributed by atoms with Gasteiger partial charge in [0.05, 0.1) is 0 Å². The minimum absolute atomic E-state index is 0.0340. The molecule has 0 saturated heterocycles. The lowest BCUT2D eigenvalue weighted by Gasteiger charge is -2.24. The predicted molar refractivity (Wildman–Crippen MR) is 134 cm³/mol. The molecule has 5 heteroatoms. The number of nitrogens with one attached hydrogen (secondary N) is 1. The van der Waals surface area contributed by atoms with Crippen LogP contribution in [0.4, 0.5) is 11.4 Å². The van der Waals surface area contributed by atoms with Crippen LogP contribution in [0.15, 0.2) is 54.6 Å². The van der Waals surface area contributed by atoms with E-state index in [-0.39, 0.29) is 17.2 Å². The maximum absolute atomic E-state index is 13.2. The minimum atomic E-state index is -0.0340. The highest BCUT2D eigenvalue weighted by atomic mass is 16.2. The minimum Gasteiger partial charge on any atom is -0.378 e. The summed E-state index contributed by atoms with van der Waals surface area (Å²) >= 11 is 0. The van der Waals surface area contributed by atoms with Gasteiger partial charge in [-0.15, -0.1) is 0 Å². The fourth-order valence-corrected chi connectivity index (χ4v) is 3.99. The van der Waals surface area contributed by atoms with Gasteiger partial charge < -0.3 is 15.1 Å². The molecule has 0 radical (unpaired) electrons. The molecule has 5 nitrogen and oxygen atoms in total. The first-order valence-corrected chi connectivity index (χ1v) is 11.5. The zero-order valence-electron chi connectivity index (χ0n) is 20.5. The Hall–Kier alpha value is -2.82. The van der Waals surface area contributed by atoms with Crippen molar-refractivity contribution in [2.24, 2.45) is 11.3 Å². The van der Waals surface area contributed by atoms with Crippen molar-refractivity contribution < 1.29 is 9.59 Å². The van der Waals surface area contributed by atoms with Gasteiger partial charge in [0.1, 0.15) is 0 Å². The van der Waals surface area contributed by atoms with Gasteiger partial charge in [0.15, 0.2) is 0 Å². The van der Waals surface area contributed by atoms with Gasteiger partial charge in [-0.3, -0.25) is 9.59 Å². The van der Waals surface area contributed by atoms with Crippen LogP contribution in [-0.4, -0.2) is 39.0 Å². The number of carbonyl (C=O) groups excluding carboxylic acids is 2. The molecule has 2 rings (SSSR count). The van der Waals surface area contributed by atoms with Crippen molar-refractivity contribution in [2.75, 3.05) is 37.0 Å². The number of benzene rings is 2. The van der Waals surface area contributed by atoms with Gasteiger partial charge in [-0.2, -0.15) is 0 Å². The van der Waals surface area contributed by atoms with E-state index in [1.807, 2.05) is 73.6 Å². The first kappa shape index (κ1) is 25.4. The monoisotopic (exact) mass is 437 g/mol. The van der Waals surface area contributed by atoms with E-state index in [2.05, 4.69) is 33.0 Å². The average Bonchev–Trinajstić information content (AvgIpc) is 2.72. The molecular weight excluding hydrogens is 398 g/mol. The predicted octanol–water partition coefficient (Wildman–Crippen LogP) is 5.37. The normalized spacial score (nSPS) is 12.2. The van der Waals surface area contributed by atoms with Crippen molar-refractivity contribution in [1.82, 2.24) is 5.32 Å². The summed E-state index contributed by atoms with van der Waals surface area (Å²) in [4.78, 5) is 29.3. The van der Waals surface area contributed by atoms with E-state index in [1.165, 1.54) is 0 Å². The van der Waals surface area contributed by atoms with Crippen LogP contribution >= 0.6 is 0 Å². The zero-order chi connectivity index (χ0) is 23.7. The van der Waals surface area contributed by atoms with Gasteiger partial charge in [-0.25, -0.2) is 0 Å². The summed E-state index contributed by atoms with van der Waals surface area (Å²) in [7, 11) is 3.99. The lowest BCUT2D eigenvalue weighted by Crippen LogP contribution is -2.34. The standard InChI is InChI=1S/C27H39N3O2/c1-21(20-27(2,3)4)19-25(31)28-17-10-18-30(26(32)22-11-8-7-9-12-22)24-15-13-23(14-16-24)29(5)6/h7-9,11-16,21H,10,17-20H2,1-6H3,(H,28,31). The van der Waals surface area contributed by atoms with E-state index in [0.717, 1.165) is 17.8 Å². The van der Waals surface area contributed by atoms with E-state index in [1.54, 1.807) is 4.90 Å². The molecule has 174 valence electrons.